The fourth-order valence-corrected chi connectivity index (χ4v) is 0.952. The van der Waals surface area contributed by atoms with E-state index in [-0.39, 0.29) is 13.1 Å². The number of nitrogens with one attached hydrogen (secondary N) is 2. The van der Waals surface area contributed by atoms with Gasteiger partial charge < -0.3 is 15.2 Å². The van der Waals surface area contributed by atoms with Crippen LogP contribution in [0.4, 0.5) is 0 Å². The Kier molecular flexibility index (Phi) is 4.03. The molecule has 0 saturated heterocycles. The molecule has 0 unspecified atom stereocenters. The summed E-state index contributed by atoms with van der Waals surface area (Å²) in [5, 5.41) is 16.3. The second-order valence-electron chi connectivity index (χ2n) is 2.95. The number of hydrogen-bond donors (Lipinski definition) is 2. The molecule has 2 N–H and O–H groups in total. The van der Waals surface area contributed by atoms with Crippen molar-refractivity contribution in [3.05, 3.63) is 17.5 Å². The van der Waals surface area contributed by atoms with Gasteiger partial charge in [0.05, 0.1) is 12.6 Å². The zero-order chi connectivity index (χ0) is 12.0. The van der Waals surface area contributed by atoms with Crippen LogP contribution >= 0.6 is 0 Å². The predicted octanol–water partition coefficient (Wildman–Crippen LogP) is -0.761. The van der Waals surface area contributed by atoms with E-state index in [2.05, 4.69) is 15.8 Å². The van der Waals surface area contributed by atoms with Crippen molar-refractivity contribution in [2.45, 2.75) is 13.5 Å². The van der Waals surface area contributed by atoms with Crippen LogP contribution in [0.5, 0.6) is 0 Å². The van der Waals surface area contributed by atoms with Crippen LogP contribution in [0.2, 0.25) is 0 Å². The Bertz CT molecular complexity index is 432. The first-order chi connectivity index (χ1) is 7.63. The monoisotopic (exact) mass is 222 g/mol. The maximum Gasteiger partial charge on any atom is 0.310 e. The van der Waals surface area contributed by atoms with E-state index in [4.69, 9.17) is 9.78 Å². The summed E-state index contributed by atoms with van der Waals surface area (Å²) in [6, 6.07) is 3.34. The molecule has 0 saturated carbocycles. The van der Waals surface area contributed by atoms with Crippen molar-refractivity contribution in [2.24, 2.45) is 0 Å². The highest BCUT2D eigenvalue weighted by Gasteiger charge is 2.12. The molecule has 0 radical (unpaired) electrons. The van der Waals surface area contributed by atoms with Gasteiger partial charge in [-0.25, -0.2) is 0 Å². The fraction of sp³-hybridized carbons (Fsp3) is 0.333. The minimum absolute atomic E-state index is 0.107. The van der Waals surface area contributed by atoms with Gasteiger partial charge in [-0.3, -0.25) is 9.59 Å². The molecule has 1 aromatic rings. The number of hydrogen-bond acceptors (Lipinski definition) is 5. The summed E-state index contributed by atoms with van der Waals surface area (Å²) >= 11 is 0. The Labute approximate surface area is 91.4 Å². The molecule has 0 fully saturated rings. The number of nitrogens with zero attached hydrogens (tertiary/aromatic N) is 2. The van der Waals surface area contributed by atoms with E-state index in [9.17, 15) is 9.59 Å². The Morgan fingerprint density at radius 1 is 1.50 bits per heavy atom. The molecule has 0 bridgehead atoms. The van der Waals surface area contributed by atoms with E-state index in [0.29, 0.717) is 11.5 Å². The summed E-state index contributed by atoms with van der Waals surface area (Å²) in [4.78, 5) is 22.1. The minimum atomic E-state index is -0.846. The molecule has 1 rings (SSSR count). The lowest BCUT2D eigenvalue weighted by atomic mass is 10.3. The van der Waals surface area contributed by atoms with Gasteiger partial charge in [0, 0.05) is 6.07 Å². The van der Waals surface area contributed by atoms with Crippen LogP contribution in [0, 0.1) is 18.3 Å². The van der Waals surface area contributed by atoms with Crippen molar-refractivity contribution in [1.82, 2.24) is 15.8 Å². The first kappa shape index (κ1) is 11.7. The quantitative estimate of drug-likeness (QED) is 0.516. The van der Waals surface area contributed by atoms with Crippen molar-refractivity contribution in [3.8, 4) is 6.07 Å². The highest BCUT2D eigenvalue weighted by Crippen LogP contribution is 2.00. The first-order valence-electron chi connectivity index (χ1n) is 4.48. The molecule has 0 atom stereocenters. The standard InChI is InChI=1S/C9H10N4O3/c1-6-4-7(13-16-6)5-12-9(15)8(14)11-3-2-10/h4H,3,5H2,1H3,(H,11,14)(H,12,15). The lowest BCUT2D eigenvalue weighted by Gasteiger charge is -2.01. The third-order valence-electron chi connectivity index (χ3n) is 1.64. The molecule has 0 aromatic carbocycles. The van der Waals surface area contributed by atoms with Gasteiger partial charge >= 0.3 is 11.8 Å². The molecule has 0 spiro atoms. The number of carbonyl (C=O) groups is 2. The number of aryl methyl sites for hydroxylation is 1. The van der Waals surface area contributed by atoms with Gasteiger partial charge in [-0.2, -0.15) is 5.26 Å². The van der Waals surface area contributed by atoms with E-state index in [1.165, 1.54) is 0 Å². The molecular formula is C9H10N4O3. The fourth-order valence-electron chi connectivity index (χ4n) is 0.952. The number of aromatic nitrogens is 1. The Morgan fingerprint density at radius 2 is 2.19 bits per heavy atom. The molecule has 1 heterocycles. The molecule has 7 heteroatoms. The summed E-state index contributed by atoms with van der Waals surface area (Å²) in [6.07, 6.45) is 0. The van der Waals surface area contributed by atoms with Crippen molar-refractivity contribution >= 4 is 11.8 Å². The molecule has 7 nitrogen and oxygen atoms in total. The van der Waals surface area contributed by atoms with Crippen molar-refractivity contribution in [1.29, 1.82) is 5.26 Å². The van der Waals surface area contributed by atoms with E-state index in [1.807, 2.05) is 0 Å². The third kappa shape index (κ3) is 3.42. The van der Waals surface area contributed by atoms with Gasteiger partial charge in [-0.05, 0) is 6.92 Å². The molecular weight excluding hydrogens is 212 g/mol. The first-order valence-corrected chi connectivity index (χ1v) is 4.48. The van der Waals surface area contributed by atoms with Crippen LogP contribution in [0.1, 0.15) is 11.5 Å². The van der Waals surface area contributed by atoms with Gasteiger partial charge in [0.25, 0.3) is 0 Å². The van der Waals surface area contributed by atoms with Crippen LogP contribution in [-0.4, -0.2) is 23.5 Å². The van der Waals surface area contributed by atoms with Crippen molar-refractivity contribution in [3.63, 3.8) is 0 Å². The van der Waals surface area contributed by atoms with Crippen LogP contribution in [0.25, 0.3) is 0 Å². The van der Waals surface area contributed by atoms with Crippen molar-refractivity contribution < 1.29 is 14.1 Å². The van der Waals surface area contributed by atoms with E-state index < -0.39 is 11.8 Å². The predicted molar refractivity (Wildman–Crippen MR) is 51.7 cm³/mol. The smallest absolute Gasteiger partial charge is 0.310 e. The normalized spacial score (nSPS) is 9.25. The van der Waals surface area contributed by atoms with Crippen LogP contribution < -0.4 is 10.6 Å². The highest BCUT2D eigenvalue weighted by molar-refractivity contribution is 6.35. The van der Waals surface area contributed by atoms with E-state index in [0.717, 1.165) is 0 Å². The van der Waals surface area contributed by atoms with Crippen LogP contribution in [0.15, 0.2) is 10.6 Å². The second kappa shape index (κ2) is 5.50. The molecule has 0 aliphatic heterocycles. The van der Waals surface area contributed by atoms with Crippen LogP contribution in [0.3, 0.4) is 0 Å². The largest absolute Gasteiger partial charge is 0.361 e. The van der Waals surface area contributed by atoms with Gasteiger partial charge in [-0.15, -0.1) is 0 Å². The number of carbonyl (C=O) groups excluding carboxylic acids is 2. The number of rotatable bonds is 3. The lowest BCUT2D eigenvalue weighted by molar-refractivity contribution is -0.139. The number of nitriles is 1. The molecule has 16 heavy (non-hydrogen) atoms. The third-order valence-corrected chi connectivity index (χ3v) is 1.64. The second-order valence-corrected chi connectivity index (χ2v) is 2.95. The zero-order valence-electron chi connectivity index (χ0n) is 8.61. The summed E-state index contributed by atoms with van der Waals surface area (Å²) in [6.45, 7) is 1.63. The van der Waals surface area contributed by atoms with E-state index in [1.54, 1.807) is 19.1 Å². The summed E-state index contributed by atoms with van der Waals surface area (Å²) in [5.74, 6) is -1.03. The highest BCUT2D eigenvalue weighted by atomic mass is 16.5. The van der Waals surface area contributed by atoms with Crippen LogP contribution in [-0.2, 0) is 16.1 Å². The van der Waals surface area contributed by atoms with Gasteiger partial charge in [-0.1, -0.05) is 5.16 Å². The Balaban J connectivity index is 2.35. The molecule has 0 aliphatic rings. The summed E-state index contributed by atoms with van der Waals surface area (Å²) in [7, 11) is 0. The average Bonchev–Trinajstić information content (AvgIpc) is 2.68. The van der Waals surface area contributed by atoms with Gasteiger partial charge in [0.1, 0.15) is 18.0 Å². The molecule has 2 amide bonds. The number of amides is 2. The zero-order valence-corrected chi connectivity index (χ0v) is 8.61. The Hall–Kier alpha value is -2.36. The minimum Gasteiger partial charge on any atom is -0.361 e. The van der Waals surface area contributed by atoms with E-state index >= 15 is 0 Å². The summed E-state index contributed by atoms with van der Waals surface area (Å²) < 4.78 is 4.78. The lowest BCUT2D eigenvalue weighted by Crippen LogP contribution is -2.39. The topological polar surface area (TPSA) is 108 Å². The molecule has 1 aromatic heterocycles. The molecule has 0 aliphatic carbocycles. The van der Waals surface area contributed by atoms with Gasteiger partial charge in [0.15, 0.2) is 0 Å². The average molecular weight is 222 g/mol. The SMILES string of the molecule is Cc1cc(CNC(=O)C(=O)NCC#N)no1. The Morgan fingerprint density at radius 3 is 2.75 bits per heavy atom. The summed E-state index contributed by atoms with van der Waals surface area (Å²) in [5.41, 5.74) is 0.527. The molecule has 84 valence electrons. The maximum absolute atomic E-state index is 11.1. The maximum atomic E-state index is 11.1. The van der Waals surface area contributed by atoms with Gasteiger partial charge in [0.2, 0.25) is 0 Å². The van der Waals surface area contributed by atoms with Crippen molar-refractivity contribution in [2.75, 3.05) is 6.54 Å².